The second kappa shape index (κ2) is 4.84. The summed E-state index contributed by atoms with van der Waals surface area (Å²) in [6.07, 6.45) is 2.17. The van der Waals surface area contributed by atoms with Gasteiger partial charge in [0.25, 0.3) is 5.88 Å². The summed E-state index contributed by atoms with van der Waals surface area (Å²) >= 11 is 0. The molecule has 6 nitrogen and oxygen atoms in total. The molecule has 0 aliphatic heterocycles. The van der Waals surface area contributed by atoms with Crippen LogP contribution in [-0.4, -0.2) is 31.0 Å². The van der Waals surface area contributed by atoms with Gasteiger partial charge in [0.1, 0.15) is 5.69 Å². The van der Waals surface area contributed by atoms with Gasteiger partial charge in [0.2, 0.25) is 0 Å². The summed E-state index contributed by atoms with van der Waals surface area (Å²) in [7, 11) is -4.49. The van der Waals surface area contributed by atoms with Crippen LogP contribution >= 0.6 is 0 Å². The molecule has 96 valence electrons. The molecule has 10 heteroatoms. The van der Waals surface area contributed by atoms with Gasteiger partial charge in [-0.2, -0.15) is 21.6 Å². The molecule has 1 rings (SSSR count). The molecular weight excluding hydrogens is 265 g/mol. The molecule has 0 saturated heterocycles. The number of aromatic nitrogens is 2. The van der Waals surface area contributed by atoms with Crippen LogP contribution in [-0.2, 0) is 21.5 Å². The van der Waals surface area contributed by atoms with E-state index in [1.54, 1.807) is 0 Å². The molecule has 1 aromatic heterocycles. The lowest BCUT2D eigenvalue weighted by molar-refractivity contribution is -0.0502. The molecule has 0 spiro atoms. The minimum Gasteiger partial charge on any atom is -0.378 e. The van der Waals surface area contributed by atoms with E-state index in [4.69, 9.17) is 0 Å². The topological polar surface area (TPSA) is 78.4 Å². The zero-order chi connectivity index (χ0) is 13.1. The molecule has 0 amide bonds. The molecule has 1 heterocycles. The minimum atomic E-state index is -5.75. The highest BCUT2D eigenvalue weighted by Gasteiger charge is 2.49. The summed E-state index contributed by atoms with van der Waals surface area (Å²) in [5, 5.41) is 0. The van der Waals surface area contributed by atoms with E-state index in [9.17, 15) is 21.6 Å². The van der Waals surface area contributed by atoms with Gasteiger partial charge in [-0.3, -0.25) is 4.98 Å². The highest BCUT2D eigenvalue weighted by Crippen LogP contribution is 2.27. The third-order valence-corrected chi connectivity index (χ3v) is 2.43. The normalized spacial score (nSPS) is 12.5. The Morgan fingerprint density at radius 3 is 2.41 bits per heavy atom. The van der Waals surface area contributed by atoms with Crippen molar-refractivity contribution in [3.63, 3.8) is 0 Å². The molecule has 0 N–H and O–H groups in total. The van der Waals surface area contributed by atoms with Gasteiger partial charge >= 0.3 is 15.6 Å². The molecule has 0 aliphatic carbocycles. The third-order valence-electron chi connectivity index (χ3n) is 1.49. The summed E-state index contributed by atoms with van der Waals surface area (Å²) < 4.78 is 66.0. The Kier molecular flexibility index (Phi) is 3.88. The minimum absolute atomic E-state index is 0.150. The van der Waals surface area contributed by atoms with Crippen molar-refractivity contribution >= 4 is 10.1 Å². The maximum Gasteiger partial charge on any atom is 0.534 e. The van der Waals surface area contributed by atoms with Gasteiger partial charge in [0.05, 0.1) is 6.61 Å². The lowest BCUT2D eigenvalue weighted by Crippen LogP contribution is -2.28. The van der Waals surface area contributed by atoms with Crippen LogP contribution in [0.15, 0.2) is 12.4 Å². The number of halogens is 3. The van der Waals surface area contributed by atoms with Gasteiger partial charge in [-0.1, -0.05) is 0 Å². The first-order valence-corrected chi connectivity index (χ1v) is 5.48. The van der Waals surface area contributed by atoms with Crippen LogP contribution in [0.5, 0.6) is 5.88 Å². The largest absolute Gasteiger partial charge is 0.534 e. The number of methoxy groups -OCH3 is 1. The maximum atomic E-state index is 12.0. The second-order valence-corrected chi connectivity index (χ2v) is 4.26. The highest BCUT2D eigenvalue weighted by atomic mass is 32.2. The smallest absolute Gasteiger partial charge is 0.378 e. The summed E-state index contributed by atoms with van der Waals surface area (Å²) in [4.78, 5) is 6.94. The highest BCUT2D eigenvalue weighted by molar-refractivity contribution is 7.87. The van der Waals surface area contributed by atoms with E-state index in [0.29, 0.717) is 0 Å². The lowest BCUT2D eigenvalue weighted by Gasteiger charge is -2.10. The molecule has 0 aromatic carbocycles. The van der Waals surface area contributed by atoms with Crippen LogP contribution in [0.3, 0.4) is 0 Å². The first-order valence-electron chi connectivity index (χ1n) is 4.07. The molecule has 0 fully saturated rings. The van der Waals surface area contributed by atoms with Crippen molar-refractivity contribution < 1.29 is 30.5 Å². The van der Waals surface area contributed by atoms with Gasteiger partial charge in [0, 0.05) is 19.5 Å². The molecule has 0 radical (unpaired) electrons. The first-order chi connectivity index (χ1) is 7.78. The Hall–Kier alpha value is -1.42. The lowest BCUT2D eigenvalue weighted by atomic mass is 10.4. The van der Waals surface area contributed by atoms with E-state index in [1.807, 2.05) is 0 Å². The van der Waals surface area contributed by atoms with E-state index in [1.165, 1.54) is 13.3 Å². The van der Waals surface area contributed by atoms with Crippen LogP contribution in [0.25, 0.3) is 0 Å². The Bertz CT molecular complexity index is 488. The number of rotatable bonds is 4. The summed E-state index contributed by atoms with van der Waals surface area (Å²) in [5.41, 5.74) is -5.67. The monoisotopic (exact) mass is 272 g/mol. The first kappa shape index (κ1) is 13.6. The molecule has 0 atom stereocenters. The van der Waals surface area contributed by atoms with Crippen LogP contribution < -0.4 is 4.18 Å². The van der Waals surface area contributed by atoms with E-state index >= 15 is 0 Å². The number of hydrogen-bond acceptors (Lipinski definition) is 6. The molecule has 0 bridgehead atoms. The van der Waals surface area contributed by atoms with Gasteiger partial charge in [-0.25, -0.2) is 4.98 Å². The number of ether oxygens (including phenoxy) is 1. The Balaban J connectivity index is 3.04. The van der Waals surface area contributed by atoms with Crippen molar-refractivity contribution in [2.75, 3.05) is 7.11 Å². The fourth-order valence-electron chi connectivity index (χ4n) is 0.811. The van der Waals surface area contributed by atoms with Crippen molar-refractivity contribution in [2.24, 2.45) is 0 Å². The van der Waals surface area contributed by atoms with E-state index in [0.717, 1.165) is 6.20 Å². The Labute approximate surface area is 94.5 Å². The van der Waals surface area contributed by atoms with Crippen molar-refractivity contribution in [1.82, 2.24) is 9.97 Å². The van der Waals surface area contributed by atoms with Gasteiger partial charge < -0.3 is 8.92 Å². The molecule has 17 heavy (non-hydrogen) atoms. The predicted molar refractivity (Wildman–Crippen MR) is 48.3 cm³/mol. The average molecular weight is 272 g/mol. The predicted octanol–water partition coefficient (Wildman–Crippen LogP) is 0.851. The zero-order valence-corrected chi connectivity index (χ0v) is 9.25. The van der Waals surface area contributed by atoms with Crippen LogP contribution in [0, 0.1) is 0 Å². The molecule has 0 aliphatic rings. The molecular formula is C7H7F3N2O4S. The van der Waals surface area contributed by atoms with E-state index in [-0.39, 0.29) is 12.3 Å². The standard InChI is InChI=1S/C7H7F3N2O4S/c1-15-4-5-6(12-3-2-11-5)16-17(13,14)7(8,9)10/h2-3H,4H2,1H3. The summed E-state index contributed by atoms with van der Waals surface area (Å²) in [5.74, 6) is -0.758. The SMILES string of the molecule is COCc1nccnc1OS(=O)(=O)C(F)(F)F. The fraction of sp³-hybridized carbons (Fsp3) is 0.429. The van der Waals surface area contributed by atoms with Gasteiger partial charge in [0.15, 0.2) is 0 Å². The van der Waals surface area contributed by atoms with E-state index in [2.05, 4.69) is 18.9 Å². The summed E-state index contributed by atoms with van der Waals surface area (Å²) in [6.45, 7) is -0.226. The number of alkyl halides is 3. The Morgan fingerprint density at radius 2 is 1.88 bits per heavy atom. The quantitative estimate of drug-likeness (QED) is 0.597. The summed E-state index contributed by atoms with van der Waals surface area (Å²) in [6, 6.07) is 0. The van der Waals surface area contributed by atoms with Crippen molar-refractivity contribution in [2.45, 2.75) is 12.1 Å². The van der Waals surface area contributed by atoms with Crippen molar-refractivity contribution in [3.05, 3.63) is 18.1 Å². The third kappa shape index (κ3) is 3.27. The Morgan fingerprint density at radius 1 is 1.29 bits per heavy atom. The van der Waals surface area contributed by atoms with Gasteiger partial charge in [-0.15, -0.1) is 0 Å². The zero-order valence-electron chi connectivity index (χ0n) is 8.43. The second-order valence-electron chi connectivity index (χ2n) is 2.72. The molecule has 0 unspecified atom stereocenters. The number of hydrogen-bond donors (Lipinski definition) is 0. The van der Waals surface area contributed by atoms with Crippen LogP contribution in [0.1, 0.15) is 5.69 Å². The molecule has 0 saturated carbocycles. The number of nitrogens with zero attached hydrogens (tertiary/aromatic N) is 2. The fourth-order valence-corrected chi connectivity index (χ4v) is 1.25. The van der Waals surface area contributed by atoms with Crippen LogP contribution in [0.2, 0.25) is 0 Å². The van der Waals surface area contributed by atoms with Gasteiger partial charge in [-0.05, 0) is 0 Å². The average Bonchev–Trinajstić information content (AvgIpc) is 2.19. The van der Waals surface area contributed by atoms with Crippen molar-refractivity contribution in [1.29, 1.82) is 0 Å². The van der Waals surface area contributed by atoms with E-state index < -0.39 is 21.5 Å². The molecule has 1 aromatic rings. The van der Waals surface area contributed by atoms with Crippen LogP contribution in [0.4, 0.5) is 13.2 Å². The van der Waals surface area contributed by atoms with Crippen molar-refractivity contribution in [3.8, 4) is 5.88 Å². The maximum absolute atomic E-state index is 12.0.